The van der Waals surface area contributed by atoms with Gasteiger partial charge in [0.15, 0.2) is 0 Å². The number of unbranched alkanes of at least 4 members (excludes halogenated alkanes) is 1. The quantitative estimate of drug-likeness (QED) is 0.836. The summed E-state index contributed by atoms with van der Waals surface area (Å²) < 4.78 is 5.43. The van der Waals surface area contributed by atoms with Gasteiger partial charge in [0.05, 0.1) is 25.1 Å². The minimum absolute atomic E-state index is 0.0121. The molecular formula is C15H22N2O3. The average Bonchev–Trinajstić information content (AvgIpc) is 2.42. The van der Waals surface area contributed by atoms with Gasteiger partial charge in [-0.3, -0.25) is 9.59 Å². The first-order valence-corrected chi connectivity index (χ1v) is 7.54. The third-order valence-electron chi connectivity index (χ3n) is 4.82. The van der Waals surface area contributed by atoms with E-state index in [9.17, 15) is 9.59 Å². The number of nitrogens with one attached hydrogen (secondary N) is 1. The van der Waals surface area contributed by atoms with Crippen molar-refractivity contribution in [1.29, 1.82) is 0 Å². The summed E-state index contributed by atoms with van der Waals surface area (Å²) in [5.41, 5.74) is 0. The van der Waals surface area contributed by atoms with Crippen LogP contribution in [0.2, 0.25) is 0 Å². The van der Waals surface area contributed by atoms with Crippen molar-refractivity contribution in [2.75, 3.05) is 13.7 Å². The van der Waals surface area contributed by atoms with Gasteiger partial charge in [0.1, 0.15) is 11.7 Å². The first-order valence-electron chi connectivity index (χ1n) is 7.54. The highest BCUT2D eigenvalue weighted by Gasteiger charge is 2.51. The van der Waals surface area contributed by atoms with Crippen molar-refractivity contribution in [2.24, 2.45) is 11.8 Å². The molecule has 0 saturated carbocycles. The van der Waals surface area contributed by atoms with Crippen LogP contribution in [0.4, 0.5) is 0 Å². The van der Waals surface area contributed by atoms with Gasteiger partial charge in [-0.2, -0.15) is 0 Å². The van der Waals surface area contributed by atoms with E-state index in [2.05, 4.69) is 12.2 Å². The minimum Gasteiger partial charge on any atom is -0.500 e. The molecule has 5 nitrogen and oxygen atoms in total. The van der Waals surface area contributed by atoms with Crippen LogP contribution in [-0.4, -0.2) is 42.5 Å². The Labute approximate surface area is 119 Å². The molecule has 0 aromatic carbocycles. The average molecular weight is 278 g/mol. The lowest BCUT2D eigenvalue weighted by atomic mass is 9.74. The predicted molar refractivity (Wildman–Crippen MR) is 73.6 cm³/mol. The van der Waals surface area contributed by atoms with E-state index in [0.29, 0.717) is 0 Å². The second-order valence-electron chi connectivity index (χ2n) is 5.92. The molecule has 4 atom stereocenters. The van der Waals surface area contributed by atoms with Crippen molar-refractivity contribution >= 4 is 11.8 Å². The van der Waals surface area contributed by atoms with E-state index < -0.39 is 0 Å². The zero-order chi connectivity index (χ0) is 14.3. The molecular weight excluding hydrogens is 256 g/mol. The summed E-state index contributed by atoms with van der Waals surface area (Å²) >= 11 is 0. The highest BCUT2D eigenvalue weighted by atomic mass is 16.5. The van der Waals surface area contributed by atoms with E-state index in [1.54, 1.807) is 7.11 Å². The van der Waals surface area contributed by atoms with Crippen LogP contribution in [-0.2, 0) is 14.3 Å². The third-order valence-corrected chi connectivity index (χ3v) is 4.82. The molecule has 2 amide bonds. The van der Waals surface area contributed by atoms with E-state index >= 15 is 0 Å². The number of carbonyl (C=O) groups excluding carboxylic acids is 2. The van der Waals surface area contributed by atoms with Crippen molar-refractivity contribution in [2.45, 2.75) is 44.7 Å². The van der Waals surface area contributed by atoms with Gasteiger partial charge in [-0.05, 0) is 25.3 Å². The lowest BCUT2D eigenvalue weighted by Gasteiger charge is -2.49. The zero-order valence-electron chi connectivity index (χ0n) is 12.1. The number of carbonyl (C=O) groups is 2. The molecule has 5 aliphatic heterocycles. The molecule has 0 radical (unpaired) electrons. The second kappa shape index (κ2) is 5.11. The minimum atomic E-state index is -0.335. The molecule has 0 aromatic heterocycles. The Morgan fingerprint density at radius 3 is 2.90 bits per heavy atom. The molecule has 0 aromatic rings. The molecule has 1 N–H and O–H groups in total. The van der Waals surface area contributed by atoms with Crippen LogP contribution < -0.4 is 5.32 Å². The number of ether oxygens (including phenoxy) is 1. The van der Waals surface area contributed by atoms with Crippen molar-refractivity contribution < 1.29 is 14.3 Å². The molecule has 5 heteroatoms. The van der Waals surface area contributed by atoms with Gasteiger partial charge in [-0.1, -0.05) is 13.3 Å². The molecule has 0 spiro atoms. The first kappa shape index (κ1) is 13.5. The Balaban J connectivity index is 1.99. The number of hydrogen-bond donors (Lipinski definition) is 1. The maximum atomic E-state index is 12.7. The fourth-order valence-corrected chi connectivity index (χ4v) is 3.77. The van der Waals surface area contributed by atoms with Gasteiger partial charge < -0.3 is 15.0 Å². The summed E-state index contributed by atoms with van der Waals surface area (Å²) in [6, 6.07) is -0.246. The molecule has 3 saturated heterocycles. The number of piperidine rings is 1. The first-order chi connectivity index (χ1) is 9.67. The zero-order valence-corrected chi connectivity index (χ0v) is 12.1. The maximum absolute atomic E-state index is 12.7. The van der Waals surface area contributed by atoms with Crippen LogP contribution in [0.1, 0.15) is 32.6 Å². The van der Waals surface area contributed by atoms with Gasteiger partial charge in [-0.25, -0.2) is 0 Å². The van der Waals surface area contributed by atoms with Gasteiger partial charge in [0.2, 0.25) is 11.8 Å². The monoisotopic (exact) mass is 278 g/mol. The van der Waals surface area contributed by atoms with Crippen LogP contribution in [0, 0.1) is 11.8 Å². The summed E-state index contributed by atoms with van der Waals surface area (Å²) in [6.45, 7) is 2.87. The Morgan fingerprint density at radius 2 is 2.20 bits per heavy atom. The largest absolute Gasteiger partial charge is 0.500 e. The Hall–Kier alpha value is -1.52. The van der Waals surface area contributed by atoms with Crippen molar-refractivity contribution in [1.82, 2.24) is 10.2 Å². The maximum Gasteiger partial charge on any atom is 0.233 e. The van der Waals surface area contributed by atoms with Crippen LogP contribution in [0.3, 0.4) is 0 Å². The summed E-state index contributed by atoms with van der Waals surface area (Å²) in [7, 11) is 1.61. The summed E-state index contributed by atoms with van der Waals surface area (Å²) in [6.07, 6.45) is 5.74. The van der Waals surface area contributed by atoms with Crippen LogP contribution in [0.25, 0.3) is 0 Å². The molecule has 20 heavy (non-hydrogen) atoms. The number of hydrogen-bond acceptors (Lipinski definition) is 3. The molecule has 0 unspecified atom stereocenters. The van der Waals surface area contributed by atoms with Crippen molar-refractivity contribution in [3.63, 3.8) is 0 Å². The van der Waals surface area contributed by atoms with Gasteiger partial charge in [0, 0.05) is 6.54 Å². The molecule has 110 valence electrons. The smallest absolute Gasteiger partial charge is 0.233 e. The lowest BCUT2D eigenvalue weighted by Crippen LogP contribution is -2.64. The van der Waals surface area contributed by atoms with Crippen molar-refractivity contribution in [3.8, 4) is 0 Å². The second-order valence-corrected chi connectivity index (χ2v) is 5.92. The van der Waals surface area contributed by atoms with Gasteiger partial charge in [-0.15, -0.1) is 0 Å². The normalized spacial score (nSPS) is 35.5. The van der Waals surface area contributed by atoms with E-state index in [-0.39, 0.29) is 35.7 Å². The van der Waals surface area contributed by atoms with Crippen molar-refractivity contribution in [3.05, 3.63) is 11.8 Å². The highest BCUT2D eigenvalue weighted by molar-refractivity contribution is 5.90. The lowest BCUT2D eigenvalue weighted by molar-refractivity contribution is -0.151. The standard InChI is InChI=1S/C15H22N2O3/c1-3-4-7-17-11-6-5-9(15(17)19)10-8-12(20-2)13(11)14(18)16-10/h8-11,13H,3-7H2,1-2H3,(H,16,18)/t9-,10-,11+,13-/m1/s1. The third kappa shape index (κ3) is 1.91. The Morgan fingerprint density at radius 1 is 1.40 bits per heavy atom. The van der Waals surface area contributed by atoms with Gasteiger partial charge in [0.25, 0.3) is 0 Å². The fourth-order valence-electron chi connectivity index (χ4n) is 3.77. The highest BCUT2D eigenvalue weighted by Crippen LogP contribution is 2.39. The molecule has 6 rings (SSSR count). The molecule has 1 aliphatic carbocycles. The molecule has 5 heterocycles. The predicted octanol–water partition coefficient (Wildman–Crippen LogP) is 1.05. The topological polar surface area (TPSA) is 58.6 Å². The van der Waals surface area contributed by atoms with Gasteiger partial charge >= 0.3 is 0 Å². The number of nitrogens with zero attached hydrogens (tertiary/aromatic N) is 1. The number of amides is 2. The number of rotatable bonds is 4. The van der Waals surface area contributed by atoms with Crippen LogP contribution in [0.15, 0.2) is 11.8 Å². The molecule has 4 bridgehead atoms. The van der Waals surface area contributed by atoms with E-state index in [1.165, 1.54) is 0 Å². The van der Waals surface area contributed by atoms with E-state index in [4.69, 9.17) is 4.74 Å². The number of methoxy groups -OCH3 is 1. The molecule has 3 fully saturated rings. The SMILES string of the molecule is CCCCN1C(=O)[C@@H]2CC[C@H]1[C@H]1C(=O)N[C@@H]2C=C1OC. The Kier molecular flexibility index (Phi) is 3.44. The molecule has 6 aliphatic rings. The summed E-state index contributed by atoms with van der Waals surface area (Å²) in [5, 5.41) is 2.98. The summed E-state index contributed by atoms with van der Waals surface area (Å²) in [5.74, 6) is 0.494. The van der Waals surface area contributed by atoms with Crippen LogP contribution >= 0.6 is 0 Å². The van der Waals surface area contributed by atoms with Crippen LogP contribution in [0.5, 0.6) is 0 Å². The summed E-state index contributed by atoms with van der Waals surface area (Å²) in [4.78, 5) is 27.0. The van der Waals surface area contributed by atoms with E-state index in [1.807, 2.05) is 11.0 Å². The van der Waals surface area contributed by atoms with E-state index in [0.717, 1.165) is 38.0 Å². The Bertz CT molecular complexity index is 460. The fraction of sp³-hybridized carbons (Fsp3) is 0.733.